The summed E-state index contributed by atoms with van der Waals surface area (Å²) in [6, 6.07) is 0. The highest BCUT2D eigenvalue weighted by Crippen LogP contribution is 2.13. The molecule has 2 N–H and O–H groups in total. The van der Waals surface area contributed by atoms with E-state index in [1.807, 2.05) is 19.1 Å². The molecule has 1 nitrogen and oxygen atoms in total. The Labute approximate surface area is 69.3 Å². The van der Waals surface area contributed by atoms with Crippen molar-refractivity contribution in [1.82, 2.24) is 0 Å². The van der Waals surface area contributed by atoms with E-state index in [-0.39, 0.29) is 0 Å². The van der Waals surface area contributed by atoms with Gasteiger partial charge in [-0.3, -0.25) is 0 Å². The van der Waals surface area contributed by atoms with Crippen molar-refractivity contribution in [1.29, 1.82) is 0 Å². The average molecular weight is 151 g/mol. The first-order chi connectivity index (χ1) is 5.13. The lowest BCUT2D eigenvalue weighted by atomic mass is 10.0. The average Bonchev–Trinajstić information content (AvgIpc) is 1.98. The van der Waals surface area contributed by atoms with Crippen LogP contribution in [0.3, 0.4) is 0 Å². The Morgan fingerprint density at radius 1 is 1.45 bits per heavy atom. The van der Waals surface area contributed by atoms with Gasteiger partial charge in [-0.15, -0.1) is 0 Å². The minimum Gasteiger partial charge on any atom is -0.399 e. The molecule has 0 amide bonds. The van der Waals surface area contributed by atoms with Gasteiger partial charge in [0, 0.05) is 5.70 Å². The lowest BCUT2D eigenvalue weighted by molar-refractivity contribution is 0.781. The number of hydrogen-bond donors (Lipinski definition) is 1. The van der Waals surface area contributed by atoms with E-state index >= 15 is 0 Å². The first kappa shape index (κ1) is 10.0. The standard InChI is InChI=1S/C10H17N/c1-5-7-9(8(3)4)10(11)6-2/h5-8H,2,11H2,1,3-4H3/b7-5-,10-9-. The van der Waals surface area contributed by atoms with Gasteiger partial charge >= 0.3 is 0 Å². The van der Waals surface area contributed by atoms with Crippen LogP contribution in [0.25, 0.3) is 0 Å². The molecule has 0 saturated heterocycles. The van der Waals surface area contributed by atoms with Crippen LogP contribution in [0.2, 0.25) is 0 Å². The first-order valence-electron chi connectivity index (χ1n) is 3.88. The zero-order chi connectivity index (χ0) is 8.85. The summed E-state index contributed by atoms with van der Waals surface area (Å²) in [4.78, 5) is 0. The summed E-state index contributed by atoms with van der Waals surface area (Å²) >= 11 is 0. The molecule has 0 heterocycles. The molecule has 11 heavy (non-hydrogen) atoms. The van der Waals surface area contributed by atoms with Crippen molar-refractivity contribution in [2.45, 2.75) is 20.8 Å². The summed E-state index contributed by atoms with van der Waals surface area (Å²) in [6.45, 7) is 9.85. The fourth-order valence-electron chi connectivity index (χ4n) is 0.919. The zero-order valence-electron chi connectivity index (χ0n) is 7.59. The smallest absolute Gasteiger partial charge is 0.0343 e. The molecule has 0 aromatic carbocycles. The molecule has 0 spiro atoms. The molecule has 0 saturated carbocycles. The van der Waals surface area contributed by atoms with Crippen LogP contribution < -0.4 is 5.73 Å². The molecular weight excluding hydrogens is 134 g/mol. The van der Waals surface area contributed by atoms with Crippen molar-refractivity contribution in [2.24, 2.45) is 11.7 Å². The van der Waals surface area contributed by atoms with E-state index in [2.05, 4.69) is 20.4 Å². The minimum absolute atomic E-state index is 0.462. The van der Waals surface area contributed by atoms with Gasteiger partial charge in [0.15, 0.2) is 0 Å². The van der Waals surface area contributed by atoms with Crippen LogP contribution >= 0.6 is 0 Å². The Balaban J connectivity index is 4.71. The maximum absolute atomic E-state index is 5.71. The molecule has 0 aliphatic rings. The summed E-state index contributed by atoms with van der Waals surface area (Å²) in [5.41, 5.74) is 7.65. The second-order valence-corrected chi connectivity index (χ2v) is 2.77. The maximum Gasteiger partial charge on any atom is 0.0343 e. The first-order valence-corrected chi connectivity index (χ1v) is 3.88. The predicted molar refractivity (Wildman–Crippen MR) is 51.1 cm³/mol. The van der Waals surface area contributed by atoms with Gasteiger partial charge in [-0.2, -0.15) is 0 Å². The Morgan fingerprint density at radius 3 is 2.27 bits per heavy atom. The van der Waals surface area contributed by atoms with E-state index in [0.717, 1.165) is 11.3 Å². The van der Waals surface area contributed by atoms with Gasteiger partial charge in [0.05, 0.1) is 0 Å². The van der Waals surface area contributed by atoms with Crippen molar-refractivity contribution in [2.75, 3.05) is 0 Å². The SMILES string of the molecule is C=C/C(N)=C(\C=C/C)C(C)C. The second-order valence-electron chi connectivity index (χ2n) is 2.77. The largest absolute Gasteiger partial charge is 0.399 e. The Morgan fingerprint density at radius 2 is 2.00 bits per heavy atom. The third-order valence-electron chi connectivity index (χ3n) is 1.52. The van der Waals surface area contributed by atoms with E-state index < -0.39 is 0 Å². The van der Waals surface area contributed by atoms with Crippen molar-refractivity contribution in [3.05, 3.63) is 36.1 Å². The summed E-state index contributed by atoms with van der Waals surface area (Å²) < 4.78 is 0. The molecule has 0 bridgehead atoms. The third kappa shape index (κ3) is 3.08. The van der Waals surface area contributed by atoms with Crippen LogP contribution in [-0.4, -0.2) is 0 Å². The summed E-state index contributed by atoms with van der Waals surface area (Å²) in [5.74, 6) is 0.462. The molecule has 62 valence electrons. The monoisotopic (exact) mass is 151 g/mol. The number of nitrogens with two attached hydrogens (primary N) is 1. The lowest BCUT2D eigenvalue weighted by Crippen LogP contribution is -2.02. The summed E-state index contributed by atoms with van der Waals surface area (Å²) in [5, 5.41) is 0. The molecule has 0 unspecified atom stereocenters. The highest BCUT2D eigenvalue weighted by molar-refractivity contribution is 5.31. The topological polar surface area (TPSA) is 26.0 Å². The minimum atomic E-state index is 0.462. The van der Waals surface area contributed by atoms with Gasteiger partial charge in [0.25, 0.3) is 0 Å². The predicted octanol–water partition coefficient (Wildman–Crippen LogP) is 2.62. The summed E-state index contributed by atoms with van der Waals surface area (Å²) in [7, 11) is 0. The van der Waals surface area contributed by atoms with Gasteiger partial charge < -0.3 is 5.73 Å². The molecule has 0 aromatic heterocycles. The van der Waals surface area contributed by atoms with Gasteiger partial charge in [0.2, 0.25) is 0 Å². The lowest BCUT2D eigenvalue weighted by Gasteiger charge is -2.08. The van der Waals surface area contributed by atoms with E-state index in [1.165, 1.54) is 0 Å². The Bertz CT molecular complexity index is 185. The molecule has 0 aliphatic carbocycles. The normalized spacial score (nSPS) is 13.8. The summed E-state index contributed by atoms with van der Waals surface area (Å²) in [6.07, 6.45) is 5.71. The highest BCUT2D eigenvalue weighted by atomic mass is 14.6. The van der Waals surface area contributed by atoms with E-state index in [9.17, 15) is 0 Å². The van der Waals surface area contributed by atoms with Crippen molar-refractivity contribution >= 4 is 0 Å². The zero-order valence-corrected chi connectivity index (χ0v) is 7.59. The van der Waals surface area contributed by atoms with Crippen molar-refractivity contribution in [3.63, 3.8) is 0 Å². The molecule has 0 radical (unpaired) electrons. The fourth-order valence-corrected chi connectivity index (χ4v) is 0.919. The van der Waals surface area contributed by atoms with Gasteiger partial charge in [0.1, 0.15) is 0 Å². The quantitative estimate of drug-likeness (QED) is 0.616. The van der Waals surface area contributed by atoms with Crippen LogP contribution in [-0.2, 0) is 0 Å². The van der Waals surface area contributed by atoms with E-state index in [0.29, 0.717) is 5.92 Å². The van der Waals surface area contributed by atoms with Crippen LogP contribution in [0.5, 0.6) is 0 Å². The number of hydrogen-bond acceptors (Lipinski definition) is 1. The van der Waals surface area contributed by atoms with Gasteiger partial charge in [-0.1, -0.05) is 32.6 Å². The maximum atomic E-state index is 5.71. The Kier molecular flexibility index (Phi) is 4.35. The number of allylic oxidation sites excluding steroid dienone is 4. The highest BCUT2D eigenvalue weighted by Gasteiger charge is 2.01. The molecular formula is C10H17N. The third-order valence-corrected chi connectivity index (χ3v) is 1.52. The van der Waals surface area contributed by atoms with Crippen LogP contribution in [0.4, 0.5) is 0 Å². The molecule has 0 atom stereocenters. The molecule has 0 aromatic rings. The molecule has 0 fully saturated rings. The fraction of sp³-hybridized carbons (Fsp3) is 0.400. The molecule has 0 rings (SSSR count). The molecule has 1 heteroatoms. The van der Waals surface area contributed by atoms with Gasteiger partial charge in [-0.05, 0) is 24.5 Å². The Hall–Kier alpha value is -0.980. The number of rotatable bonds is 3. The van der Waals surface area contributed by atoms with E-state index in [4.69, 9.17) is 5.73 Å². The van der Waals surface area contributed by atoms with Crippen LogP contribution in [0.1, 0.15) is 20.8 Å². The second kappa shape index (κ2) is 4.78. The van der Waals surface area contributed by atoms with Crippen LogP contribution in [0, 0.1) is 5.92 Å². The van der Waals surface area contributed by atoms with Crippen molar-refractivity contribution < 1.29 is 0 Å². The van der Waals surface area contributed by atoms with E-state index in [1.54, 1.807) is 6.08 Å². The molecule has 0 aliphatic heterocycles. The van der Waals surface area contributed by atoms with Gasteiger partial charge in [-0.25, -0.2) is 0 Å². The van der Waals surface area contributed by atoms with Crippen LogP contribution in [0.15, 0.2) is 36.1 Å². The van der Waals surface area contributed by atoms with Crippen molar-refractivity contribution in [3.8, 4) is 0 Å².